The maximum Gasteiger partial charge on any atom is 0.255 e. The van der Waals surface area contributed by atoms with Crippen LogP contribution in [0.2, 0.25) is 0 Å². The highest BCUT2D eigenvalue weighted by atomic mass is 16.5. The second-order valence-corrected chi connectivity index (χ2v) is 9.03. The molecular weight excluding hydrogens is 414 g/mol. The summed E-state index contributed by atoms with van der Waals surface area (Å²) in [5, 5.41) is 12.2. The molecule has 3 heterocycles. The Hall–Kier alpha value is -2.93. The van der Waals surface area contributed by atoms with Crippen molar-refractivity contribution in [3.63, 3.8) is 0 Å². The smallest absolute Gasteiger partial charge is 0.255 e. The lowest BCUT2D eigenvalue weighted by atomic mass is 9.98. The van der Waals surface area contributed by atoms with Gasteiger partial charge in [-0.3, -0.25) is 4.79 Å². The van der Waals surface area contributed by atoms with Gasteiger partial charge in [0.25, 0.3) is 5.91 Å². The minimum absolute atomic E-state index is 0.0660. The summed E-state index contributed by atoms with van der Waals surface area (Å²) in [6.07, 6.45) is 6.12. The van der Waals surface area contributed by atoms with Gasteiger partial charge in [-0.2, -0.15) is 5.10 Å². The number of benzene rings is 1. The van der Waals surface area contributed by atoms with Crippen molar-refractivity contribution in [1.29, 1.82) is 0 Å². The number of carbonyl (C=O) groups is 1. The number of nitrogens with zero attached hydrogens (tertiary/aromatic N) is 3. The Balaban J connectivity index is 1.63. The minimum Gasteiger partial charge on any atom is -0.381 e. The van der Waals surface area contributed by atoms with Crippen LogP contribution in [0.3, 0.4) is 0 Å². The first-order valence-corrected chi connectivity index (χ1v) is 12.1. The summed E-state index contributed by atoms with van der Waals surface area (Å²) in [5.41, 5.74) is 4.57. The lowest BCUT2D eigenvalue weighted by Crippen LogP contribution is -2.32. The average Bonchev–Trinajstić information content (AvgIpc) is 3.27. The van der Waals surface area contributed by atoms with Crippen molar-refractivity contribution >= 4 is 22.6 Å². The van der Waals surface area contributed by atoms with E-state index >= 15 is 0 Å². The second kappa shape index (κ2) is 10.3. The number of aromatic nitrogens is 3. The number of hydrogen-bond acceptors (Lipinski definition) is 5. The number of nitrogens with one attached hydrogen (secondary N) is 2. The maximum atomic E-state index is 13.5. The van der Waals surface area contributed by atoms with Gasteiger partial charge in [-0.25, -0.2) is 9.67 Å². The molecule has 1 amide bonds. The average molecular weight is 450 g/mol. The first-order valence-electron chi connectivity index (χ1n) is 12.1. The number of rotatable bonds is 8. The molecule has 1 atom stereocenters. The van der Waals surface area contributed by atoms with Crippen LogP contribution in [0.4, 0.5) is 5.69 Å². The van der Waals surface area contributed by atoms with E-state index in [1.165, 1.54) is 5.56 Å². The number of pyridine rings is 1. The molecule has 0 saturated carbocycles. The Morgan fingerprint density at radius 2 is 1.82 bits per heavy atom. The summed E-state index contributed by atoms with van der Waals surface area (Å²) < 4.78 is 7.37. The minimum atomic E-state index is -0.122. The van der Waals surface area contributed by atoms with Gasteiger partial charge in [0.15, 0.2) is 5.65 Å². The predicted molar refractivity (Wildman–Crippen MR) is 132 cm³/mol. The number of fused-ring (bicyclic) bond motifs is 1. The van der Waals surface area contributed by atoms with Crippen LogP contribution < -0.4 is 10.6 Å². The number of ether oxygens (including phenoxy) is 1. The van der Waals surface area contributed by atoms with Gasteiger partial charge in [-0.05, 0) is 43.2 Å². The predicted octanol–water partition coefficient (Wildman–Crippen LogP) is 5.05. The first kappa shape index (κ1) is 23.2. The molecule has 1 unspecified atom stereocenters. The molecule has 1 saturated heterocycles. The second-order valence-electron chi connectivity index (χ2n) is 9.03. The largest absolute Gasteiger partial charge is 0.381 e. The van der Waals surface area contributed by atoms with Crippen LogP contribution in [0.15, 0.2) is 36.7 Å². The van der Waals surface area contributed by atoms with Gasteiger partial charge in [0, 0.05) is 32.0 Å². The van der Waals surface area contributed by atoms with E-state index in [0.717, 1.165) is 61.3 Å². The summed E-state index contributed by atoms with van der Waals surface area (Å²) in [5.74, 6) is 0.359. The third-order valence-corrected chi connectivity index (χ3v) is 6.50. The normalized spacial score (nSPS) is 15.7. The maximum absolute atomic E-state index is 13.5. The zero-order valence-corrected chi connectivity index (χ0v) is 20.1. The summed E-state index contributed by atoms with van der Waals surface area (Å²) in [6.45, 7) is 10.7. The van der Waals surface area contributed by atoms with Crippen molar-refractivity contribution in [3.8, 4) is 0 Å². The van der Waals surface area contributed by atoms with E-state index in [-0.39, 0.29) is 18.0 Å². The van der Waals surface area contributed by atoms with Gasteiger partial charge in [-0.1, -0.05) is 45.0 Å². The molecule has 7 nitrogen and oxygen atoms in total. The van der Waals surface area contributed by atoms with E-state index < -0.39 is 0 Å². The van der Waals surface area contributed by atoms with Gasteiger partial charge in [0.05, 0.1) is 28.9 Å². The molecule has 0 aliphatic carbocycles. The summed E-state index contributed by atoms with van der Waals surface area (Å²) in [7, 11) is 0. The zero-order valence-electron chi connectivity index (χ0n) is 20.1. The lowest BCUT2D eigenvalue weighted by molar-refractivity contribution is 0.0903. The molecule has 0 radical (unpaired) electrons. The molecule has 0 spiro atoms. The SMILES string of the molecule is CCC(NC(=O)c1cnc2c(cnn2CC)c1NC1CCOCC1)c1ccc(C(C)C)cc1. The molecular formula is C26H35N5O2. The molecule has 2 aromatic heterocycles. The van der Waals surface area contributed by atoms with Crippen molar-refractivity contribution in [1.82, 2.24) is 20.1 Å². The molecule has 1 aromatic carbocycles. The number of carbonyl (C=O) groups excluding carboxylic acids is 1. The highest BCUT2D eigenvalue weighted by molar-refractivity contribution is 6.06. The van der Waals surface area contributed by atoms with Crippen LogP contribution in [0.25, 0.3) is 11.0 Å². The third-order valence-electron chi connectivity index (χ3n) is 6.50. The van der Waals surface area contributed by atoms with E-state index in [1.807, 2.05) is 17.8 Å². The summed E-state index contributed by atoms with van der Waals surface area (Å²) in [4.78, 5) is 18.1. The number of aryl methyl sites for hydroxylation is 1. The van der Waals surface area contributed by atoms with Crippen LogP contribution in [-0.2, 0) is 11.3 Å². The quantitative estimate of drug-likeness (QED) is 0.503. The van der Waals surface area contributed by atoms with Crippen molar-refractivity contribution in [3.05, 3.63) is 53.3 Å². The van der Waals surface area contributed by atoms with Gasteiger partial charge in [0.2, 0.25) is 0 Å². The fourth-order valence-corrected chi connectivity index (χ4v) is 4.40. The van der Waals surface area contributed by atoms with Gasteiger partial charge in [0.1, 0.15) is 0 Å². The Morgan fingerprint density at radius 3 is 2.45 bits per heavy atom. The zero-order chi connectivity index (χ0) is 23.4. The van der Waals surface area contributed by atoms with Crippen LogP contribution in [0.1, 0.15) is 80.4 Å². The Bertz CT molecular complexity index is 1080. The molecule has 7 heteroatoms. The van der Waals surface area contributed by atoms with Crippen molar-refractivity contribution in [2.24, 2.45) is 0 Å². The Morgan fingerprint density at radius 1 is 1.12 bits per heavy atom. The molecule has 1 aliphatic rings. The summed E-state index contributed by atoms with van der Waals surface area (Å²) >= 11 is 0. The van der Waals surface area contributed by atoms with Crippen LogP contribution in [0.5, 0.6) is 0 Å². The van der Waals surface area contributed by atoms with Crippen LogP contribution >= 0.6 is 0 Å². The molecule has 0 bridgehead atoms. The lowest BCUT2D eigenvalue weighted by Gasteiger charge is -2.26. The molecule has 1 aliphatic heterocycles. The topological polar surface area (TPSA) is 81.1 Å². The van der Waals surface area contributed by atoms with Crippen molar-refractivity contribution in [2.45, 2.75) is 71.5 Å². The van der Waals surface area contributed by atoms with E-state index in [4.69, 9.17) is 4.74 Å². The van der Waals surface area contributed by atoms with Gasteiger partial charge < -0.3 is 15.4 Å². The van der Waals surface area contributed by atoms with Crippen molar-refractivity contribution in [2.75, 3.05) is 18.5 Å². The summed E-state index contributed by atoms with van der Waals surface area (Å²) in [6, 6.07) is 8.74. The molecule has 33 heavy (non-hydrogen) atoms. The number of amides is 1. The first-order chi connectivity index (χ1) is 16.0. The van der Waals surface area contributed by atoms with E-state index in [9.17, 15) is 4.79 Å². The molecule has 4 rings (SSSR count). The van der Waals surface area contributed by atoms with E-state index in [0.29, 0.717) is 11.5 Å². The third kappa shape index (κ3) is 5.03. The van der Waals surface area contributed by atoms with Gasteiger partial charge in [-0.15, -0.1) is 0 Å². The fourth-order valence-electron chi connectivity index (χ4n) is 4.40. The van der Waals surface area contributed by atoms with Gasteiger partial charge >= 0.3 is 0 Å². The molecule has 3 aromatic rings. The van der Waals surface area contributed by atoms with Crippen LogP contribution in [0, 0.1) is 0 Å². The molecule has 2 N–H and O–H groups in total. The highest BCUT2D eigenvalue weighted by Crippen LogP contribution is 2.29. The Labute approximate surface area is 195 Å². The van der Waals surface area contributed by atoms with E-state index in [2.05, 4.69) is 65.8 Å². The monoisotopic (exact) mass is 449 g/mol. The molecule has 1 fully saturated rings. The standard InChI is InChI=1S/C26H35N5O2/c1-5-23(19-9-7-18(8-10-19)17(3)4)30-26(32)22-15-27-25-21(16-28-31(25)6-2)24(22)29-20-11-13-33-14-12-20/h7-10,15-17,20,23H,5-6,11-14H2,1-4H3,(H,27,29)(H,30,32). The fraction of sp³-hybridized carbons (Fsp3) is 0.500. The van der Waals surface area contributed by atoms with E-state index in [1.54, 1.807) is 6.20 Å². The Kier molecular flexibility index (Phi) is 7.28. The number of hydrogen-bond donors (Lipinski definition) is 2. The molecule has 176 valence electrons. The number of anilines is 1. The van der Waals surface area contributed by atoms with Crippen molar-refractivity contribution < 1.29 is 9.53 Å². The van der Waals surface area contributed by atoms with Crippen LogP contribution in [-0.4, -0.2) is 39.9 Å². The highest BCUT2D eigenvalue weighted by Gasteiger charge is 2.23.